The lowest BCUT2D eigenvalue weighted by Crippen LogP contribution is -2.29. The number of hydrogen-bond acceptors (Lipinski definition) is 2. The molecule has 0 radical (unpaired) electrons. The van der Waals surface area contributed by atoms with Gasteiger partial charge in [0.25, 0.3) is 0 Å². The van der Waals surface area contributed by atoms with Crippen LogP contribution in [-0.4, -0.2) is 19.6 Å². The summed E-state index contributed by atoms with van der Waals surface area (Å²) in [6, 6.07) is 8.78. The fraction of sp³-hybridized carbons (Fsp3) is 0.571. The fourth-order valence-electron chi connectivity index (χ4n) is 2.31. The van der Waals surface area contributed by atoms with Crippen LogP contribution in [0, 0.1) is 0 Å². The van der Waals surface area contributed by atoms with Crippen molar-refractivity contribution < 1.29 is 0 Å². The second kappa shape index (κ2) is 5.90. The van der Waals surface area contributed by atoms with E-state index in [1.807, 2.05) is 0 Å². The Balaban J connectivity index is 2.06. The maximum Gasteiger partial charge on any atom is 0.0412 e. The van der Waals surface area contributed by atoms with Gasteiger partial charge < -0.3 is 10.2 Å². The quantitative estimate of drug-likeness (QED) is 0.782. The van der Waals surface area contributed by atoms with Crippen molar-refractivity contribution in [3.63, 3.8) is 0 Å². The summed E-state index contributed by atoms with van der Waals surface area (Å²) >= 11 is 0. The zero-order valence-electron chi connectivity index (χ0n) is 10.2. The van der Waals surface area contributed by atoms with Gasteiger partial charge >= 0.3 is 0 Å². The first-order valence-electron chi connectivity index (χ1n) is 6.45. The van der Waals surface area contributed by atoms with Crippen LogP contribution < -0.4 is 10.2 Å². The molecule has 1 aromatic rings. The summed E-state index contributed by atoms with van der Waals surface area (Å²) in [4.78, 5) is 2.53. The second-order valence-corrected chi connectivity index (χ2v) is 4.50. The third kappa shape index (κ3) is 2.76. The Hall–Kier alpha value is -1.02. The minimum atomic E-state index is 1.01. The SMILES string of the molecule is CCCCCN1CCNCc2ccccc21. The Morgan fingerprint density at radius 1 is 1.25 bits per heavy atom. The minimum absolute atomic E-state index is 1.01. The number of anilines is 1. The van der Waals surface area contributed by atoms with Crippen LogP contribution in [0.15, 0.2) is 24.3 Å². The van der Waals surface area contributed by atoms with E-state index >= 15 is 0 Å². The number of rotatable bonds is 4. The van der Waals surface area contributed by atoms with Crippen molar-refractivity contribution in [2.24, 2.45) is 0 Å². The molecule has 0 amide bonds. The van der Waals surface area contributed by atoms with Crippen LogP contribution in [0.25, 0.3) is 0 Å². The number of para-hydroxylation sites is 1. The van der Waals surface area contributed by atoms with Gasteiger partial charge in [0.1, 0.15) is 0 Å². The highest BCUT2D eigenvalue weighted by atomic mass is 15.2. The molecular weight excluding hydrogens is 196 g/mol. The summed E-state index contributed by atoms with van der Waals surface area (Å²) in [7, 11) is 0. The normalized spacial score (nSPS) is 15.7. The minimum Gasteiger partial charge on any atom is -0.370 e. The standard InChI is InChI=1S/C14H22N2/c1-2-3-6-10-16-11-9-15-12-13-7-4-5-8-14(13)16/h4-5,7-8,15H,2-3,6,9-12H2,1H3. The molecule has 2 heteroatoms. The summed E-state index contributed by atoms with van der Waals surface area (Å²) in [6.45, 7) is 6.71. The first-order chi connectivity index (χ1) is 7.92. The Labute approximate surface area is 98.7 Å². The van der Waals surface area contributed by atoms with E-state index in [-0.39, 0.29) is 0 Å². The zero-order chi connectivity index (χ0) is 11.2. The second-order valence-electron chi connectivity index (χ2n) is 4.50. The molecule has 0 spiro atoms. The van der Waals surface area contributed by atoms with Crippen LogP contribution >= 0.6 is 0 Å². The van der Waals surface area contributed by atoms with Gasteiger partial charge in [-0.2, -0.15) is 0 Å². The number of unbranched alkanes of at least 4 members (excludes halogenated alkanes) is 2. The molecule has 0 saturated heterocycles. The van der Waals surface area contributed by atoms with Gasteiger partial charge in [-0.3, -0.25) is 0 Å². The molecule has 1 N–H and O–H groups in total. The lowest BCUT2D eigenvalue weighted by atomic mass is 10.1. The van der Waals surface area contributed by atoms with Crippen LogP contribution in [0.4, 0.5) is 5.69 Å². The van der Waals surface area contributed by atoms with E-state index in [2.05, 4.69) is 41.4 Å². The number of nitrogens with one attached hydrogen (secondary N) is 1. The number of hydrogen-bond donors (Lipinski definition) is 1. The van der Waals surface area contributed by atoms with Gasteiger partial charge in [-0.05, 0) is 18.1 Å². The predicted molar refractivity (Wildman–Crippen MR) is 69.9 cm³/mol. The zero-order valence-corrected chi connectivity index (χ0v) is 10.2. The summed E-state index contributed by atoms with van der Waals surface area (Å²) in [5.74, 6) is 0. The Kier molecular flexibility index (Phi) is 4.23. The molecule has 88 valence electrons. The van der Waals surface area contributed by atoms with E-state index in [1.165, 1.54) is 37.1 Å². The molecular formula is C14H22N2. The maximum atomic E-state index is 3.48. The van der Waals surface area contributed by atoms with Crippen LogP contribution in [0.1, 0.15) is 31.7 Å². The topological polar surface area (TPSA) is 15.3 Å². The molecule has 16 heavy (non-hydrogen) atoms. The summed E-state index contributed by atoms with van der Waals surface area (Å²) in [5.41, 5.74) is 2.88. The van der Waals surface area contributed by atoms with Crippen LogP contribution in [0.3, 0.4) is 0 Å². The number of benzene rings is 1. The molecule has 0 bridgehead atoms. The summed E-state index contributed by atoms with van der Waals surface area (Å²) < 4.78 is 0. The Morgan fingerprint density at radius 3 is 3.00 bits per heavy atom. The van der Waals surface area contributed by atoms with Gasteiger partial charge in [0, 0.05) is 31.9 Å². The van der Waals surface area contributed by atoms with Crippen molar-refractivity contribution in [1.82, 2.24) is 5.32 Å². The fourth-order valence-corrected chi connectivity index (χ4v) is 2.31. The molecule has 0 aliphatic carbocycles. The van der Waals surface area contributed by atoms with Crippen molar-refractivity contribution in [3.8, 4) is 0 Å². The average Bonchev–Trinajstić information content (AvgIpc) is 2.52. The molecule has 0 atom stereocenters. The highest BCUT2D eigenvalue weighted by Crippen LogP contribution is 2.22. The molecule has 2 rings (SSSR count). The number of fused-ring (bicyclic) bond motifs is 1. The van der Waals surface area contributed by atoms with E-state index in [0.29, 0.717) is 0 Å². The van der Waals surface area contributed by atoms with E-state index in [0.717, 1.165) is 19.6 Å². The van der Waals surface area contributed by atoms with Crippen LogP contribution in [-0.2, 0) is 6.54 Å². The molecule has 1 aliphatic heterocycles. The summed E-state index contributed by atoms with van der Waals surface area (Å²) in [5, 5.41) is 3.48. The molecule has 0 unspecified atom stereocenters. The average molecular weight is 218 g/mol. The molecule has 0 aromatic heterocycles. The number of nitrogens with zero attached hydrogens (tertiary/aromatic N) is 1. The third-order valence-electron chi connectivity index (χ3n) is 3.24. The van der Waals surface area contributed by atoms with E-state index in [4.69, 9.17) is 0 Å². The van der Waals surface area contributed by atoms with Gasteiger partial charge in [-0.1, -0.05) is 38.0 Å². The maximum absolute atomic E-state index is 3.48. The molecule has 0 saturated carbocycles. The van der Waals surface area contributed by atoms with Gasteiger partial charge in [-0.25, -0.2) is 0 Å². The summed E-state index contributed by atoms with van der Waals surface area (Å²) in [6.07, 6.45) is 3.95. The van der Waals surface area contributed by atoms with Gasteiger partial charge in [0.2, 0.25) is 0 Å². The van der Waals surface area contributed by atoms with Crippen molar-refractivity contribution in [1.29, 1.82) is 0 Å². The van der Waals surface area contributed by atoms with E-state index < -0.39 is 0 Å². The molecule has 1 aromatic carbocycles. The Morgan fingerprint density at radius 2 is 2.12 bits per heavy atom. The van der Waals surface area contributed by atoms with Gasteiger partial charge in [0.15, 0.2) is 0 Å². The molecule has 2 nitrogen and oxygen atoms in total. The first kappa shape index (κ1) is 11.5. The van der Waals surface area contributed by atoms with Crippen LogP contribution in [0.5, 0.6) is 0 Å². The lowest BCUT2D eigenvalue weighted by Gasteiger charge is -2.24. The first-order valence-corrected chi connectivity index (χ1v) is 6.45. The monoisotopic (exact) mass is 218 g/mol. The highest BCUT2D eigenvalue weighted by Gasteiger charge is 2.13. The molecule has 1 aliphatic rings. The molecule has 0 fully saturated rings. The van der Waals surface area contributed by atoms with Gasteiger partial charge in [-0.15, -0.1) is 0 Å². The largest absolute Gasteiger partial charge is 0.370 e. The van der Waals surface area contributed by atoms with Crippen molar-refractivity contribution >= 4 is 5.69 Å². The van der Waals surface area contributed by atoms with Crippen molar-refractivity contribution in [2.45, 2.75) is 32.7 Å². The smallest absolute Gasteiger partial charge is 0.0412 e. The van der Waals surface area contributed by atoms with Gasteiger partial charge in [0.05, 0.1) is 0 Å². The Bertz CT molecular complexity index is 322. The molecule has 1 heterocycles. The van der Waals surface area contributed by atoms with Crippen LogP contribution in [0.2, 0.25) is 0 Å². The van der Waals surface area contributed by atoms with Crippen molar-refractivity contribution in [2.75, 3.05) is 24.5 Å². The lowest BCUT2D eigenvalue weighted by molar-refractivity contribution is 0.652. The van der Waals surface area contributed by atoms with E-state index in [1.54, 1.807) is 0 Å². The van der Waals surface area contributed by atoms with Crippen molar-refractivity contribution in [3.05, 3.63) is 29.8 Å². The van der Waals surface area contributed by atoms with E-state index in [9.17, 15) is 0 Å². The third-order valence-corrected chi connectivity index (χ3v) is 3.24. The highest BCUT2D eigenvalue weighted by molar-refractivity contribution is 5.54. The predicted octanol–water partition coefficient (Wildman–Crippen LogP) is 2.79.